The van der Waals surface area contributed by atoms with Crippen molar-refractivity contribution >= 4 is 23.2 Å². The van der Waals surface area contributed by atoms with Gasteiger partial charge in [-0.05, 0) is 6.92 Å². The van der Waals surface area contributed by atoms with Crippen molar-refractivity contribution in [3.63, 3.8) is 0 Å². The molecular weight excluding hydrogens is 673 g/mol. The Morgan fingerprint density at radius 1 is 1.19 bits per heavy atom. The number of rotatable bonds is 6. The fourth-order valence-electron chi connectivity index (χ4n) is 5.35. The molecule has 3 saturated heterocycles. The summed E-state index contributed by atoms with van der Waals surface area (Å²) in [5, 5.41) is 5.62. The Labute approximate surface area is 248 Å². The van der Waals surface area contributed by atoms with Crippen LogP contribution in [0.15, 0.2) is 35.5 Å². The maximum atomic E-state index is 16.3. The Morgan fingerprint density at radius 3 is 2.69 bits per heavy atom. The summed E-state index contributed by atoms with van der Waals surface area (Å²) in [6.07, 6.45) is 2.50. The summed E-state index contributed by atoms with van der Waals surface area (Å²) in [5.41, 5.74) is -2.89. The summed E-state index contributed by atoms with van der Waals surface area (Å²) in [4.78, 5) is 37.5. The summed E-state index contributed by atoms with van der Waals surface area (Å²) < 4.78 is 67.5. The topological polar surface area (TPSA) is 115 Å². The van der Waals surface area contributed by atoms with Gasteiger partial charge in [-0.1, -0.05) is 0 Å². The van der Waals surface area contributed by atoms with E-state index in [1.165, 1.54) is 12.4 Å². The van der Waals surface area contributed by atoms with Crippen molar-refractivity contribution in [1.82, 2.24) is 20.3 Å². The number of ether oxygens (including phenoxy) is 1. The van der Waals surface area contributed by atoms with Gasteiger partial charge in [-0.2, -0.15) is 0 Å². The molecule has 15 heteroatoms. The van der Waals surface area contributed by atoms with Gasteiger partial charge in [0, 0.05) is 6.07 Å². The number of anilines is 3. The van der Waals surface area contributed by atoms with Gasteiger partial charge in [-0.3, -0.25) is 4.79 Å². The molecule has 6 rings (SSSR count). The van der Waals surface area contributed by atoms with E-state index in [-0.39, 0.29) is 33.2 Å². The zero-order chi connectivity index (χ0) is 29.5. The minimum absolute atomic E-state index is 0.0167. The van der Waals surface area contributed by atoms with Crippen LogP contribution in [0.5, 0.6) is 0 Å². The molecule has 3 N–H and O–H groups in total. The third kappa shape index (κ3) is 5.68. The molecule has 5 heterocycles. The van der Waals surface area contributed by atoms with Gasteiger partial charge in [-0.25, -0.2) is 8.78 Å². The van der Waals surface area contributed by atoms with E-state index in [1.54, 1.807) is 4.90 Å². The van der Waals surface area contributed by atoms with Crippen molar-refractivity contribution in [2.45, 2.75) is 42.4 Å². The van der Waals surface area contributed by atoms with Crippen molar-refractivity contribution in [1.29, 1.82) is 0 Å². The number of aromatic amines is 1. The van der Waals surface area contributed by atoms with E-state index in [2.05, 4.69) is 28.7 Å². The standard InChI is InChI=1S/C27H27F4IN7O3/c1-13-11-38(5-4-33-13)19-7-18(28)22(14-8-35-27(36-9-14)39-12-15-2-3-20(32-39)42-15)23(29)24(19)37-26(41)17-10-34-21(40)6-16(17)25(30)31/h6-10,13,15,20,25,33H,2-5,11-12H2,1H3,(H,34,40)(H,37,41)/q-1/t13-,15?,20?/m0/s1. The molecule has 2 bridgehead atoms. The Morgan fingerprint density at radius 2 is 1.98 bits per heavy atom. The molecule has 0 radical (unpaired) electrons. The molecule has 3 aliphatic heterocycles. The maximum absolute atomic E-state index is 16.3. The first-order valence-corrected chi connectivity index (χ1v) is 15.6. The van der Waals surface area contributed by atoms with Crippen molar-refractivity contribution in [2.75, 3.05) is 39.5 Å². The number of nitrogens with one attached hydrogen (secondary N) is 3. The number of carbonyl (C=O) groups excluding carboxylic acids is 1. The van der Waals surface area contributed by atoms with E-state index in [0.29, 0.717) is 38.2 Å². The molecule has 0 aliphatic carbocycles. The molecule has 42 heavy (non-hydrogen) atoms. The average molecular weight is 700 g/mol. The molecule has 2 unspecified atom stereocenters. The van der Waals surface area contributed by atoms with Gasteiger partial charge < -0.3 is 10.3 Å². The number of aromatic nitrogens is 3. The summed E-state index contributed by atoms with van der Waals surface area (Å²) in [6.45, 7) is 3.86. The Hall–Kier alpha value is -3.31. The number of piperazine rings is 1. The van der Waals surface area contributed by atoms with Gasteiger partial charge in [0.05, 0.1) is 0 Å². The molecule has 224 valence electrons. The van der Waals surface area contributed by atoms with Gasteiger partial charge in [0.2, 0.25) is 5.56 Å². The second kappa shape index (κ2) is 11.8. The number of fused-ring (bicyclic) bond motifs is 2. The van der Waals surface area contributed by atoms with Crippen LogP contribution < -0.4 is 45.7 Å². The van der Waals surface area contributed by atoms with Crippen LogP contribution in [0.4, 0.5) is 34.9 Å². The van der Waals surface area contributed by atoms with Crippen LogP contribution in [0, 0.1) is 11.6 Å². The predicted molar refractivity (Wildman–Crippen MR) is 142 cm³/mol. The number of carbonyl (C=O) groups is 1. The van der Waals surface area contributed by atoms with E-state index >= 15 is 8.78 Å². The molecule has 0 saturated carbocycles. The fraction of sp³-hybridized carbons (Fsp3) is 0.407. The number of pyridine rings is 1. The van der Waals surface area contributed by atoms with E-state index in [9.17, 15) is 18.4 Å². The van der Waals surface area contributed by atoms with Crippen LogP contribution in [0.1, 0.15) is 42.1 Å². The Kier molecular flexibility index (Phi) is 8.06. The third-order valence-corrected chi connectivity index (χ3v) is 10.4. The number of hydrogen-bond acceptors (Lipinski definition) is 8. The second-order valence-corrected chi connectivity index (χ2v) is 13.4. The zero-order valence-corrected chi connectivity index (χ0v) is 24.5. The van der Waals surface area contributed by atoms with Crippen molar-refractivity contribution in [3.05, 3.63) is 63.8 Å². The van der Waals surface area contributed by atoms with Crippen molar-refractivity contribution in [3.8, 4) is 11.1 Å². The molecule has 2 aromatic heterocycles. The van der Waals surface area contributed by atoms with Crippen LogP contribution in [0.3, 0.4) is 0 Å². The van der Waals surface area contributed by atoms with Crippen LogP contribution in [-0.4, -0.2) is 63.3 Å². The Balaban J connectivity index is 1.38. The smallest absolute Gasteiger partial charge is 0.311 e. The molecular formula is C27H27F4IN7O3-. The minimum Gasteiger partial charge on any atom is -0.311 e. The molecule has 3 aliphatic rings. The van der Waals surface area contributed by atoms with Crippen LogP contribution in [0.25, 0.3) is 11.1 Å². The zero-order valence-electron chi connectivity index (χ0n) is 22.3. The van der Waals surface area contributed by atoms with Gasteiger partial charge in [0.1, 0.15) is 0 Å². The molecule has 1 amide bonds. The quantitative estimate of drug-likeness (QED) is 0.147. The third-order valence-electron chi connectivity index (χ3n) is 7.37. The van der Waals surface area contributed by atoms with Crippen LogP contribution in [0.2, 0.25) is 0 Å². The van der Waals surface area contributed by atoms with Crippen LogP contribution in [-0.2, 0) is 4.74 Å². The molecule has 10 nitrogen and oxygen atoms in total. The van der Waals surface area contributed by atoms with Gasteiger partial charge in [0.25, 0.3) is 6.43 Å². The number of nitrogens with zero attached hydrogens (tertiary/aromatic N) is 4. The number of benzene rings is 1. The normalized spacial score (nSPS) is 22.3. The predicted octanol–water partition coefficient (Wildman–Crippen LogP) is 0.427. The van der Waals surface area contributed by atoms with Gasteiger partial charge >= 0.3 is 200 Å². The van der Waals surface area contributed by atoms with Crippen molar-refractivity contribution < 1.29 is 48.6 Å². The van der Waals surface area contributed by atoms with E-state index < -0.39 is 67.7 Å². The molecule has 1 aromatic carbocycles. The summed E-state index contributed by atoms with van der Waals surface area (Å²) in [7, 11) is 0. The first-order valence-electron chi connectivity index (χ1n) is 13.4. The number of amides is 1. The summed E-state index contributed by atoms with van der Waals surface area (Å²) >= 11 is -0.492. The SMILES string of the molecule is C[C@H]1CN(c2cc(F)c(-c3cnc(N4CC5CCC(O5)[I-]4)nc3)c(F)c2NC(=O)c2c[nH]c(=O)cc2C(F)F)CCN1. The van der Waals surface area contributed by atoms with Gasteiger partial charge in [-0.15, -0.1) is 0 Å². The minimum atomic E-state index is -3.13. The fourth-order valence-corrected chi connectivity index (χ4v) is 8.45. The summed E-state index contributed by atoms with van der Waals surface area (Å²) in [6, 6.07) is 1.72. The number of H-pyrrole nitrogens is 1. The van der Waals surface area contributed by atoms with Crippen LogP contribution >= 0.6 is 0 Å². The van der Waals surface area contributed by atoms with E-state index in [0.717, 1.165) is 25.1 Å². The van der Waals surface area contributed by atoms with E-state index in [4.69, 9.17) is 4.74 Å². The number of alkyl halides is 3. The molecule has 3 atom stereocenters. The second-order valence-electron chi connectivity index (χ2n) is 10.3. The number of hydrogen-bond donors (Lipinski definition) is 3. The van der Waals surface area contributed by atoms with Crippen molar-refractivity contribution in [2.24, 2.45) is 0 Å². The first-order chi connectivity index (χ1) is 20.2. The molecule has 3 fully saturated rings. The Bertz CT molecular complexity index is 1550. The number of halogens is 5. The van der Waals surface area contributed by atoms with Gasteiger partial charge in [0.15, 0.2) is 0 Å². The molecule has 3 aromatic rings. The molecule has 0 spiro atoms. The average Bonchev–Trinajstić information content (AvgIpc) is 3.31. The monoisotopic (exact) mass is 700 g/mol. The first kappa shape index (κ1) is 28.8. The summed E-state index contributed by atoms with van der Waals surface area (Å²) in [5.74, 6) is -2.61. The van der Waals surface area contributed by atoms with E-state index in [1.807, 2.05) is 6.92 Å².